The fourth-order valence-electron chi connectivity index (χ4n) is 1.98. The second kappa shape index (κ2) is 6.71. The molecule has 114 valence electrons. The number of anilines is 1. The lowest BCUT2D eigenvalue weighted by Crippen LogP contribution is -2.20. The van der Waals surface area contributed by atoms with Crippen molar-refractivity contribution in [1.82, 2.24) is 0 Å². The topological polar surface area (TPSA) is 81.5 Å². The molecule has 2 aromatic carbocycles. The Labute approximate surface area is 127 Å². The van der Waals surface area contributed by atoms with Crippen molar-refractivity contribution < 1.29 is 14.5 Å². The third-order valence-corrected chi connectivity index (χ3v) is 3.05. The van der Waals surface area contributed by atoms with Gasteiger partial charge in [-0.2, -0.15) is 0 Å². The van der Waals surface area contributed by atoms with Crippen LogP contribution < -0.4 is 10.1 Å². The number of benzene rings is 2. The van der Waals surface area contributed by atoms with Gasteiger partial charge in [0.05, 0.1) is 11.0 Å². The van der Waals surface area contributed by atoms with Crippen LogP contribution in [-0.4, -0.2) is 17.4 Å². The van der Waals surface area contributed by atoms with Crippen molar-refractivity contribution in [1.29, 1.82) is 0 Å². The summed E-state index contributed by atoms with van der Waals surface area (Å²) < 4.78 is 5.28. The number of hydrogen-bond acceptors (Lipinski definition) is 4. The minimum Gasteiger partial charge on any atom is -0.484 e. The van der Waals surface area contributed by atoms with Crippen molar-refractivity contribution in [2.24, 2.45) is 0 Å². The van der Waals surface area contributed by atoms with Crippen molar-refractivity contribution in [3.63, 3.8) is 0 Å². The normalized spacial score (nSPS) is 10.1. The van der Waals surface area contributed by atoms with Gasteiger partial charge in [-0.25, -0.2) is 0 Å². The lowest BCUT2D eigenvalue weighted by molar-refractivity contribution is -0.384. The molecule has 2 rings (SSSR count). The number of hydrogen-bond donors (Lipinski definition) is 1. The molecular weight excluding hydrogens is 284 g/mol. The molecule has 0 spiro atoms. The van der Waals surface area contributed by atoms with Crippen LogP contribution in [-0.2, 0) is 4.79 Å². The summed E-state index contributed by atoms with van der Waals surface area (Å²) in [4.78, 5) is 22.0. The first kappa shape index (κ1) is 15.5. The number of rotatable bonds is 5. The molecule has 1 N–H and O–H groups in total. The average Bonchev–Trinajstić information content (AvgIpc) is 2.48. The molecule has 0 aromatic heterocycles. The highest BCUT2D eigenvalue weighted by Gasteiger charge is 2.09. The number of nitrogens with one attached hydrogen (secondary N) is 1. The Kier molecular flexibility index (Phi) is 4.73. The number of nitro groups is 1. The maximum absolute atomic E-state index is 11.9. The molecule has 0 atom stereocenters. The Morgan fingerprint density at radius 3 is 2.68 bits per heavy atom. The van der Waals surface area contributed by atoms with E-state index in [1.165, 1.54) is 18.2 Å². The highest BCUT2D eigenvalue weighted by molar-refractivity contribution is 5.92. The largest absolute Gasteiger partial charge is 0.484 e. The molecule has 0 aliphatic rings. The van der Waals surface area contributed by atoms with Gasteiger partial charge in [0.1, 0.15) is 5.75 Å². The molecule has 2 aromatic rings. The SMILES string of the molecule is Cc1ccc(NC(=O)COc2cccc([N+](=O)[O-])c2)c(C)c1. The van der Waals surface area contributed by atoms with Crippen molar-refractivity contribution in [3.05, 3.63) is 63.7 Å². The number of nitro benzene ring substituents is 1. The van der Waals surface area contributed by atoms with Gasteiger partial charge >= 0.3 is 0 Å². The molecule has 6 nitrogen and oxygen atoms in total. The molecule has 1 amide bonds. The number of aryl methyl sites for hydroxylation is 2. The van der Waals surface area contributed by atoms with Crippen LogP contribution in [0.5, 0.6) is 5.75 Å². The Bertz CT molecular complexity index is 713. The van der Waals surface area contributed by atoms with Gasteiger partial charge in [0.25, 0.3) is 11.6 Å². The van der Waals surface area contributed by atoms with Gasteiger partial charge in [0.15, 0.2) is 6.61 Å². The quantitative estimate of drug-likeness (QED) is 0.679. The Morgan fingerprint density at radius 1 is 1.23 bits per heavy atom. The number of carbonyl (C=O) groups is 1. The molecule has 0 bridgehead atoms. The molecular formula is C16H16N2O4. The van der Waals surface area contributed by atoms with Gasteiger partial charge in [-0.05, 0) is 31.5 Å². The van der Waals surface area contributed by atoms with Crippen molar-refractivity contribution in [2.45, 2.75) is 13.8 Å². The lowest BCUT2D eigenvalue weighted by atomic mass is 10.1. The third kappa shape index (κ3) is 4.05. The highest BCUT2D eigenvalue weighted by Crippen LogP contribution is 2.19. The van der Waals surface area contributed by atoms with E-state index in [-0.39, 0.29) is 24.0 Å². The first-order chi connectivity index (χ1) is 10.5. The van der Waals surface area contributed by atoms with Gasteiger partial charge in [-0.1, -0.05) is 23.8 Å². The molecule has 0 unspecified atom stereocenters. The smallest absolute Gasteiger partial charge is 0.273 e. The summed E-state index contributed by atoms with van der Waals surface area (Å²) in [7, 11) is 0. The van der Waals surface area contributed by atoms with E-state index in [4.69, 9.17) is 4.74 Å². The van der Waals surface area contributed by atoms with Crippen molar-refractivity contribution in [2.75, 3.05) is 11.9 Å². The first-order valence-electron chi connectivity index (χ1n) is 6.70. The lowest BCUT2D eigenvalue weighted by Gasteiger charge is -2.10. The maximum Gasteiger partial charge on any atom is 0.273 e. The molecule has 0 radical (unpaired) electrons. The first-order valence-corrected chi connectivity index (χ1v) is 6.70. The number of nitrogens with zero attached hydrogens (tertiary/aromatic N) is 1. The molecule has 22 heavy (non-hydrogen) atoms. The zero-order valence-corrected chi connectivity index (χ0v) is 12.3. The number of amides is 1. The van der Waals surface area contributed by atoms with E-state index in [0.29, 0.717) is 0 Å². The van der Waals surface area contributed by atoms with E-state index < -0.39 is 4.92 Å². The van der Waals surface area contributed by atoms with E-state index in [0.717, 1.165) is 16.8 Å². The zero-order valence-electron chi connectivity index (χ0n) is 12.3. The molecule has 0 heterocycles. The molecule has 0 saturated heterocycles. The van der Waals surface area contributed by atoms with E-state index in [9.17, 15) is 14.9 Å². The monoisotopic (exact) mass is 300 g/mol. The van der Waals surface area contributed by atoms with E-state index in [1.54, 1.807) is 6.07 Å². The van der Waals surface area contributed by atoms with Crippen LogP contribution in [0.4, 0.5) is 11.4 Å². The standard InChI is InChI=1S/C16H16N2O4/c1-11-6-7-15(12(2)8-11)17-16(19)10-22-14-5-3-4-13(9-14)18(20)21/h3-9H,10H2,1-2H3,(H,17,19). The van der Waals surface area contributed by atoms with Gasteiger partial charge in [-0.3, -0.25) is 14.9 Å². The average molecular weight is 300 g/mol. The molecule has 0 saturated carbocycles. The zero-order chi connectivity index (χ0) is 16.1. The van der Waals surface area contributed by atoms with Gasteiger partial charge in [-0.15, -0.1) is 0 Å². The Hall–Kier alpha value is -2.89. The van der Waals surface area contributed by atoms with Crippen LogP contribution in [0.15, 0.2) is 42.5 Å². The summed E-state index contributed by atoms with van der Waals surface area (Å²) >= 11 is 0. The fraction of sp³-hybridized carbons (Fsp3) is 0.188. The molecule has 6 heteroatoms. The van der Waals surface area contributed by atoms with E-state index in [1.807, 2.05) is 32.0 Å². The summed E-state index contributed by atoms with van der Waals surface area (Å²) in [5.74, 6) is -0.0385. The van der Waals surface area contributed by atoms with E-state index >= 15 is 0 Å². The van der Waals surface area contributed by atoms with Crippen LogP contribution >= 0.6 is 0 Å². The summed E-state index contributed by atoms with van der Waals surface area (Å²) in [5, 5.41) is 13.4. The van der Waals surface area contributed by atoms with Crippen molar-refractivity contribution in [3.8, 4) is 5.75 Å². The summed E-state index contributed by atoms with van der Waals surface area (Å²) in [6.07, 6.45) is 0. The molecule has 0 aliphatic carbocycles. The molecule has 0 aliphatic heterocycles. The predicted octanol–water partition coefficient (Wildman–Crippen LogP) is 3.23. The summed E-state index contributed by atoms with van der Waals surface area (Å²) in [6.45, 7) is 3.67. The van der Waals surface area contributed by atoms with Crippen LogP contribution in [0.1, 0.15) is 11.1 Å². The predicted molar refractivity (Wildman–Crippen MR) is 83.1 cm³/mol. The number of carbonyl (C=O) groups excluding carboxylic acids is 1. The van der Waals surface area contributed by atoms with Gasteiger partial charge in [0, 0.05) is 11.8 Å². The highest BCUT2D eigenvalue weighted by atomic mass is 16.6. The van der Waals surface area contributed by atoms with Crippen LogP contribution in [0.25, 0.3) is 0 Å². The maximum atomic E-state index is 11.9. The van der Waals surface area contributed by atoms with Crippen LogP contribution in [0.2, 0.25) is 0 Å². The minimum atomic E-state index is -0.511. The fourth-order valence-corrected chi connectivity index (χ4v) is 1.98. The molecule has 0 fully saturated rings. The number of non-ortho nitro benzene ring substituents is 1. The number of ether oxygens (including phenoxy) is 1. The Balaban J connectivity index is 1.95. The van der Waals surface area contributed by atoms with Gasteiger partial charge in [0.2, 0.25) is 0 Å². The second-order valence-corrected chi connectivity index (χ2v) is 4.91. The van der Waals surface area contributed by atoms with Crippen molar-refractivity contribution >= 4 is 17.3 Å². The third-order valence-electron chi connectivity index (χ3n) is 3.05. The van der Waals surface area contributed by atoms with Gasteiger partial charge < -0.3 is 10.1 Å². The summed E-state index contributed by atoms with van der Waals surface area (Å²) in [6, 6.07) is 11.4. The van der Waals surface area contributed by atoms with E-state index in [2.05, 4.69) is 5.32 Å². The minimum absolute atomic E-state index is 0.0766. The second-order valence-electron chi connectivity index (χ2n) is 4.91. The van der Waals surface area contributed by atoms with Crippen LogP contribution in [0, 0.1) is 24.0 Å². The summed E-state index contributed by atoms with van der Waals surface area (Å²) in [5.41, 5.74) is 2.72. The van der Waals surface area contributed by atoms with Crippen LogP contribution in [0.3, 0.4) is 0 Å². The Morgan fingerprint density at radius 2 is 2.00 bits per heavy atom.